The molecule has 1 aromatic carbocycles. The maximum atomic E-state index is 12.9. The summed E-state index contributed by atoms with van der Waals surface area (Å²) in [6.45, 7) is 8.21. The molecule has 27 heavy (non-hydrogen) atoms. The molecule has 7 nitrogen and oxygen atoms in total. The largest absolute Gasteiger partial charge is 0.447 e. The van der Waals surface area contributed by atoms with E-state index < -0.39 is 11.5 Å². The van der Waals surface area contributed by atoms with Gasteiger partial charge in [0.15, 0.2) is 5.69 Å². The highest BCUT2D eigenvalue weighted by Crippen LogP contribution is 2.13. The maximum Gasteiger partial charge on any atom is 0.277 e. The van der Waals surface area contributed by atoms with Crippen LogP contribution in [0.15, 0.2) is 34.9 Å². The number of hydrogen-bond acceptors (Lipinski definition) is 6. The van der Waals surface area contributed by atoms with Crippen molar-refractivity contribution in [2.45, 2.75) is 26.0 Å². The lowest BCUT2D eigenvalue weighted by molar-refractivity contribution is 0.0156. The van der Waals surface area contributed by atoms with Crippen LogP contribution in [-0.2, 0) is 6.54 Å². The van der Waals surface area contributed by atoms with Crippen molar-refractivity contribution in [2.75, 3.05) is 38.0 Å². The van der Waals surface area contributed by atoms with Gasteiger partial charge in [-0.2, -0.15) is 0 Å². The number of benzene rings is 1. The predicted molar refractivity (Wildman–Crippen MR) is 98.9 cm³/mol. The molecule has 2 heterocycles. The molecular weight excluding hydrogens is 351 g/mol. The van der Waals surface area contributed by atoms with Crippen molar-refractivity contribution in [1.29, 1.82) is 0 Å². The first-order valence-corrected chi connectivity index (χ1v) is 8.97. The Morgan fingerprint density at radius 3 is 2.48 bits per heavy atom. The van der Waals surface area contributed by atoms with Crippen molar-refractivity contribution in [2.24, 2.45) is 0 Å². The van der Waals surface area contributed by atoms with E-state index >= 15 is 0 Å². The van der Waals surface area contributed by atoms with Gasteiger partial charge < -0.3 is 14.8 Å². The summed E-state index contributed by atoms with van der Waals surface area (Å²) in [5, 5.41) is 12.6. The third-order valence-electron chi connectivity index (χ3n) is 4.32. The maximum absolute atomic E-state index is 12.9. The summed E-state index contributed by atoms with van der Waals surface area (Å²) in [6.07, 6.45) is 1.33. The minimum absolute atomic E-state index is 0.190. The van der Waals surface area contributed by atoms with Crippen LogP contribution in [0.1, 0.15) is 30.2 Å². The third kappa shape index (κ3) is 5.85. The van der Waals surface area contributed by atoms with Gasteiger partial charge in [-0.15, -0.1) is 0 Å². The second-order valence-corrected chi connectivity index (χ2v) is 7.45. The van der Waals surface area contributed by atoms with Gasteiger partial charge in [-0.05, 0) is 38.1 Å². The van der Waals surface area contributed by atoms with Crippen molar-refractivity contribution in [1.82, 2.24) is 14.8 Å². The quantitative estimate of drug-likeness (QED) is 0.802. The normalized spacial score (nSPS) is 16.4. The molecule has 0 spiro atoms. The molecule has 0 bridgehead atoms. The number of nitrogens with one attached hydrogen (secondary N) is 1. The molecule has 0 aliphatic carbocycles. The van der Waals surface area contributed by atoms with Gasteiger partial charge in [0.05, 0.1) is 12.1 Å². The molecule has 1 fully saturated rings. The molecule has 0 radical (unpaired) electrons. The van der Waals surface area contributed by atoms with Crippen molar-refractivity contribution in [3.8, 4) is 0 Å². The van der Waals surface area contributed by atoms with Gasteiger partial charge in [0.25, 0.3) is 5.91 Å². The Kier molecular flexibility index (Phi) is 5.88. The molecule has 1 saturated heterocycles. The van der Waals surface area contributed by atoms with Gasteiger partial charge in [-0.1, -0.05) is 0 Å². The number of anilines is 1. The molecule has 0 atom stereocenters. The number of nitrogens with zero attached hydrogens (tertiary/aromatic N) is 3. The lowest BCUT2D eigenvalue weighted by atomic mass is 10.1. The molecule has 1 amide bonds. The minimum atomic E-state index is -0.697. The van der Waals surface area contributed by atoms with Crippen molar-refractivity contribution >= 4 is 11.6 Å². The number of amides is 1. The summed E-state index contributed by atoms with van der Waals surface area (Å²) in [6, 6.07) is 5.53. The van der Waals surface area contributed by atoms with E-state index in [1.165, 1.54) is 30.5 Å². The number of aliphatic hydroxyl groups is 1. The van der Waals surface area contributed by atoms with E-state index in [0.29, 0.717) is 24.7 Å². The van der Waals surface area contributed by atoms with Gasteiger partial charge in [-0.25, -0.2) is 9.37 Å². The Morgan fingerprint density at radius 1 is 1.22 bits per heavy atom. The lowest BCUT2D eigenvalue weighted by Crippen LogP contribution is -2.50. The fourth-order valence-corrected chi connectivity index (χ4v) is 3.06. The predicted octanol–water partition coefficient (Wildman–Crippen LogP) is 1.95. The van der Waals surface area contributed by atoms with Crippen molar-refractivity contribution in [3.05, 3.63) is 47.9 Å². The topological polar surface area (TPSA) is 81.8 Å². The number of oxazole rings is 1. The molecule has 8 heteroatoms. The monoisotopic (exact) mass is 376 g/mol. The van der Waals surface area contributed by atoms with E-state index in [-0.39, 0.29) is 11.5 Å². The second kappa shape index (κ2) is 8.16. The molecule has 2 N–H and O–H groups in total. The highest BCUT2D eigenvalue weighted by Gasteiger charge is 2.23. The lowest BCUT2D eigenvalue weighted by Gasteiger charge is -2.36. The molecule has 0 saturated carbocycles. The Labute approximate surface area is 157 Å². The fourth-order valence-electron chi connectivity index (χ4n) is 3.06. The van der Waals surface area contributed by atoms with Crippen molar-refractivity contribution < 1.29 is 18.7 Å². The van der Waals surface area contributed by atoms with Crippen LogP contribution in [0.25, 0.3) is 0 Å². The number of β-amino-alcohol motifs (C(OH)–C–C–N with tert-alkyl or cyclic N) is 1. The summed E-state index contributed by atoms with van der Waals surface area (Å²) in [7, 11) is 0. The molecule has 2 aromatic rings. The summed E-state index contributed by atoms with van der Waals surface area (Å²) >= 11 is 0. The Hall–Kier alpha value is -2.29. The van der Waals surface area contributed by atoms with Crippen LogP contribution in [0.3, 0.4) is 0 Å². The summed E-state index contributed by atoms with van der Waals surface area (Å²) in [5.74, 6) is -0.277. The Bertz CT molecular complexity index is 762. The van der Waals surface area contributed by atoms with Crippen molar-refractivity contribution in [3.63, 3.8) is 0 Å². The Balaban J connectivity index is 1.49. The zero-order valence-corrected chi connectivity index (χ0v) is 15.6. The number of carbonyl (C=O) groups excluding carboxylic acids is 1. The molecule has 1 aliphatic heterocycles. The van der Waals surface area contributed by atoms with Crippen LogP contribution < -0.4 is 5.32 Å². The van der Waals surface area contributed by atoms with Crippen LogP contribution in [0.2, 0.25) is 0 Å². The highest BCUT2D eigenvalue weighted by atomic mass is 19.1. The zero-order valence-electron chi connectivity index (χ0n) is 15.6. The van der Waals surface area contributed by atoms with Gasteiger partial charge in [0, 0.05) is 38.4 Å². The van der Waals surface area contributed by atoms with E-state index in [4.69, 9.17) is 4.42 Å². The molecule has 0 unspecified atom stereocenters. The molecule has 3 rings (SSSR count). The van der Waals surface area contributed by atoms with Crippen LogP contribution in [0.4, 0.5) is 10.1 Å². The van der Waals surface area contributed by atoms with E-state index in [0.717, 1.165) is 26.2 Å². The van der Waals surface area contributed by atoms with E-state index in [1.807, 2.05) is 13.8 Å². The van der Waals surface area contributed by atoms with Gasteiger partial charge in [-0.3, -0.25) is 14.6 Å². The standard InChI is InChI=1S/C19H25FN4O3/c1-19(2,26)13-24-9-7-23(8-10-24)11-17-22-16(12-27-17)18(25)21-15-5-3-14(20)4-6-15/h3-6,12,26H,7-11,13H2,1-2H3,(H,21,25). The Morgan fingerprint density at radius 2 is 1.85 bits per heavy atom. The SMILES string of the molecule is CC(C)(O)CN1CCN(Cc2nc(C(=O)Nc3ccc(F)cc3)co2)CC1. The smallest absolute Gasteiger partial charge is 0.277 e. The molecule has 1 aliphatic rings. The van der Waals surface area contributed by atoms with Gasteiger partial charge in [0.1, 0.15) is 12.1 Å². The number of halogens is 1. The van der Waals surface area contributed by atoms with Gasteiger partial charge in [0.2, 0.25) is 5.89 Å². The van der Waals surface area contributed by atoms with Crippen LogP contribution in [-0.4, -0.2) is 64.1 Å². The minimum Gasteiger partial charge on any atom is -0.447 e. The first-order valence-electron chi connectivity index (χ1n) is 8.97. The van der Waals surface area contributed by atoms with E-state index in [9.17, 15) is 14.3 Å². The summed E-state index contributed by atoms with van der Waals surface area (Å²) in [4.78, 5) is 20.9. The first-order chi connectivity index (χ1) is 12.8. The van der Waals surface area contributed by atoms with E-state index in [1.54, 1.807) is 0 Å². The molecular formula is C19H25FN4O3. The number of carbonyl (C=O) groups is 1. The number of piperazine rings is 1. The fraction of sp³-hybridized carbons (Fsp3) is 0.474. The second-order valence-electron chi connectivity index (χ2n) is 7.45. The van der Waals surface area contributed by atoms with E-state index in [2.05, 4.69) is 20.1 Å². The zero-order chi connectivity index (χ0) is 19.4. The average Bonchev–Trinajstić information content (AvgIpc) is 3.06. The van der Waals surface area contributed by atoms with Crippen LogP contribution in [0, 0.1) is 5.82 Å². The van der Waals surface area contributed by atoms with Gasteiger partial charge >= 0.3 is 0 Å². The summed E-state index contributed by atoms with van der Waals surface area (Å²) in [5.41, 5.74) is -0.0128. The first kappa shape index (κ1) is 19.5. The average molecular weight is 376 g/mol. The number of hydrogen-bond donors (Lipinski definition) is 2. The van der Waals surface area contributed by atoms with Crippen LogP contribution >= 0.6 is 0 Å². The molecule has 146 valence electrons. The third-order valence-corrected chi connectivity index (χ3v) is 4.32. The number of aromatic nitrogens is 1. The summed E-state index contributed by atoms with van der Waals surface area (Å²) < 4.78 is 18.3. The number of rotatable bonds is 6. The highest BCUT2D eigenvalue weighted by molar-refractivity contribution is 6.02. The molecule has 1 aromatic heterocycles. The van der Waals surface area contributed by atoms with Crippen LogP contribution in [0.5, 0.6) is 0 Å².